The van der Waals surface area contributed by atoms with Crippen LogP contribution in [0.5, 0.6) is 0 Å². The quantitative estimate of drug-likeness (QED) is 0.757. The van der Waals surface area contributed by atoms with Gasteiger partial charge in [-0.2, -0.15) is 13.2 Å². The largest absolute Gasteiger partial charge is 0.440 e. The van der Waals surface area contributed by atoms with Crippen LogP contribution in [0.1, 0.15) is 12.8 Å². The van der Waals surface area contributed by atoms with E-state index in [1.54, 1.807) is 0 Å². The van der Waals surface area contributed by atoms with Crippen LogP contribution in [0.25, 0.3) is 0 Å². The molecule has 0 spiro atoms. The highest BCUT2D eigenvalue weighted by Crippen LogP contribution is 2.21. The zero-order valence-electron chi connectivity index (χ0n) is 10.2. The normalized spacial score (nSPS) is 19.8. The molecule has 1 unspecified atom stereocenters. The summed E-state index contributed by atoms with van der Waals surface area (Å²) in [5.41, 5.74) is 0. The van der Waals surface area contributed by atoms with Gasteiger partial charge >= 0.3 is 12.3 Å². The third-order valence-corrected chi connectivity index (χ3v) is 2.57. The topological polar surface area (TPSA) is 49.9 Å². The molecule has 104 valence electrons. The fourth-order valence-electron chi connectivity index (χ4n) is 1.77. The van der Waals surface area contributed by atoms with Crippen LogP contribution in [0, 0.1) is 0 Å². The number of rotatable bonds is 2. The average molecular weight is 268 g/mol. The SMILES string of the molecule is CN(C)C(=O)C1CCCN1C(=O)OCC(F)(F)F. The second-order valence-corrected chi connectivity index (χ2v) is 4.25. The molecule has 1 heterocycles. The maximum Gasteiger partial charge on any atom is 0.422 e. The van der Waals surface area contributed by atoms with E-state index < -0.39 is 24.9 Å². The van der Waals surface area contributed by atoms with Gasteiger partial charge in [-0.05, 0) is 12.8 Å². The fraction of sp³-hybridized carbons (Fsp3) is 0.800. The molecule has 1 aliphatic rings. The van der Waals surface area contributed by atoms with E-state index in [4.69, 9.17) is 0 Å². The van der Waals surface area contributed by atoms with Gasteiger partial charge in [0.25, 0.3) is 0 Å². The zero-order valence-corrected chi connectivity index (χ0v) is 10.2. The van der Waals surface area contributed by atoms with E-state index in [0.717, 1.165) is 4.90 Å². The summed E-state index contributed by atoms with van der Waals surface area (Å²) in [7, 11) is 3.06. The summed E-state index contributed by atoms with van der Waals surface area (Å²) in [6, 6.07) is -0.722. The minimum atomic E-state index is -4.56. The predicted octanol–water partition coefficient (Wildman–Crippen LogP) is 1.24. The lowest BCUT2D eigenvalue weighted by Gasteiger charge is -2.25. The molecule has 0 bridgehead atoms. The van der Waals surface area contributed by atoms with Crippen molar-refractivity contribution >= 4 is 12.0 Å². The summed E-state index contributed by atoms with van der Waals surface area (Å²) < 4.78 is 39.9. The summed E-state index contributed by atoms with van der Waals surface area (Å²) in [6.45, 7) is -1.40. The highest BCUT2D eigenvalue weighted by molar-refractivity contribution is 5.85. The summed E-state index contributed by atoms with van der Waals surface area (Å²) >= 11 is 0. The van der Waals surface area contributed by atoms with Gasteiger partial charge in [-0.25, -0.2) is 4.79 Å². The van der Waals surface area contributed by atoms with E-state index >= 15 is 0 Å². The molecule has 0 saturated carbocycles. The summed E-state index contributed by atoms with van der Waals surface area (Å²) in [4.78, 5) is 25.5. The van der Waals surface area contributed by atoms with Gasteiger partial charge < -0.3 is 9.64 Å². The van der Waals surface area contributed by atoms with Crippen LogP contribution < -0.4 is 0 Å². The molecule has 0 aliphatic carbocycles. The van der Waals surface area contributed by atoms with Crippen molar-refractivity contribution in [3.63, 3.8) is 0 Å². The third kappa shape index (κ3) is 3.78. The summed E-state index contributed by atoms with van der Waals surface area (Å²) in [5, 5.41) is 0. The molecule has 0 N–H and O–H groups in total. The molecule has 0 aromatic rings. The van der Waals surface area contributed by atoms with E-state index in [0.29, 0.717) is 12.8 Å². The number of carbonyl (C=O) groups excluding carboxylic acids is 2. The maximum absolute atomic E-state index is 11.9. The predicted molar refractivity (Wildman–Crippen MR) is 55.8 cm³/mol. The Bertz CT molecular complexity index is 331. The number of likely N-dealkylation sites (tertiary alicyclic amines) is 1. The number of ether oxygens (including phenoxy) is 1. The number of hydrogen-bond donors (Lipinski definition) is 0. The van der Waals surface area contributed by atoms with Crippen molar-refractivity contribution in [2.45, 2.75) is 25.1 Å². The van der Waals surface area contributed by atoms with Crippen LogP contribution in [0.4, 0.5) is 18.0 Å². The van der Waals surface area contributed by atoms with Crippen LogP contribution >= 0.6 is 0 Å². The number of nitrogens with zero attached hydrogens (tertiary/aromatic N) is 2. The van der Waals surface area contributed by atoms with Crippen LogP contribution in [0.15, 0.2) is 0 Å². The van der Waals surface area contributed by atoms with Gasteiger partial charge in [0, 0.05) is 20.6 Å². The Balaban J connectivity index is 2.59. The molecule has 8 heteroatoms. The van der Waals surface area contributed by atoms with Crippen molar-refractivity contribution in [1.29, 1.82) is 0 Å². The number of amides is 2. The Kier molecular flexibility index (Phi) is 4.42. The molecule has 2 amide bonds. The second kappa shape index (κ2) is 5.45. The molecule has 1 saturated heterocycles. The van der Waals surface area contributed by atoms with Gasteiger partial charge in [-0.3, -0.25) is 9.69 Å². The molecule has 0 aromatic carbocycles. The number of hydrogen-bond acceptors (Lipinski definition) is 3. The van der Waals surface area contributed by atoms with Crippen molar-refractivity contribution in [2.75, 3.05) is 27.2 Å². The molecule has 0 aromatic heterocycles. The van der Waals surface area contributed by atoms with Crippen molar-refractivity contribution in [3.8, 4) is 0 Å². The van der Waals surface area contributed by atoms with Crippen molar-refractivity contribution in [2.24, 2.45) is 0 Å². The average Bonchev–Trinajstić information content (AvgIpc) is 2.72. The van der Waals surface area contributed by atoms with Crippen molar-refractivity contribution in [1.82, 2.24) is 9.80 Å². The van der Waals surface area contributed by atoms with Crippen LogP contribution in [-0.4, -0.2) is 61.3 Å². The minimum absolute atomic E-state index is 0.237. The lowest BCUT2D eigenvalue weighted by Crippen LogP contribution is -2.46. The number of halogens is 3. The molecular weight excluding hydrogens is 253 g/mol. The smallest absolute Gasteiger partial charge is 0.422 e. The Labute approximate surface area is 102 Å². The van der Waals surface area contributed by atoms with Gasteiger partial charge in [0.05, 0.1) is 0 Å². The standard InChI is InChI=1S/C10H15F3N2O3/c1-14(2)8(16)7-4-3-5-15(7)9(17)18-6-10(11,12)13/h7H,3-6H2,1-2H3. The highest BCUT2D eigenvalue weighted by Gasteiger charge is 2.38. The Morgan fingerprint density at radius 2 is 2.00 bits per heavy atom. The molecule has 1 fully saturated rings. The fourth-order valence-corrected chi connectivity index (χ4v) is 1.77. The molecule has 1 aliphatic heterocycles. The van der Waals surface area contributed by atoms with E-state index in [-0.39, 0.29) is 12.5 Å². The van der Waals surface area contributed by atoms with E-state index in [2.05, 4.69) is 4.74 Å². The van der Waals surface area contributed by atoms with Gasteiger partial charge in [-0.1, -0.05) is 0 Å². The van der Waals surface area contributed by atoms with E-state index in [9.17, 15) is 22.8 Å². The lowest BCUT2D eigenvalue weighted by molar-refractivity contribution is -0.162. The van der Waals surface area contributed by atoms with Crippen LogP contribution in [-0.2, 0) is 9.53 Å². The Morgan fingerprint density at radius 3 is 2.50 bits per heavy atom. The first-order chi connectivity index (χ1) is 8.22. The minimum Gasteiger partial charge on any atom is -0.440 e. The molecular formula is C10H15F3N2O3. The molecule has 5 nitrogen and oxygen atoms in total. The van der Waals surface area contributed by atoms with E-state index in [1.165, 1.54) is 19.0 Å². The molecule has 18 heavy (non-hydrogen) atoms. The summed E-state index contributed by atoms with van der Waals surface area (Å²) in [6.07, 6.45) is -4.63. The molecule has 1 atom stereocenters. The Morgan fingerprint density at radius 1 is 1.39 bits per heavy atom. The monoisotopic (exact) mass is 268 g/mol. The van der Waals surface area contributed by atoms with Crippen molar-refractivity contribution < 1.29 is 27.5 Å². The van der Waals surface area contributed by atoms with Gasteiger partial charge in [0.2, 0.25) is 5.91 Å². The second-order valence-electron chi connectivity index (χ2n) is 4.25. The van der Waals surface area contributed by atoms with Crippen LogP contribution in [0.3, 0.4) is 0 Å². The highest BCUT2D eigenvalue weighted by atomic mass is 19.4. The Hall–Kier alpha value is -1.47. The number of likely N-dealkylation sites (N-methyl/N-ethyl adjacent to an activating group) is 1. The van der Waals surface area contributed by atoms with Crippen molar-refractivity contribution in [3.05, 3.63) is 0 Å². The first kappa shape index (κ1) is 14.6. The molecule has 0 radical (unpaired) electrons. The maximum atomic E-state index is 11.9. The zero-order chi connectivity index (χ0) is 13.9. The first-order valence-electron chi connectivity index (χ1n) is 5.43. The van der Waals surface area contributed by atoms with E-state index in [1.807, 2.05) is 0 Å². The lowest BCUT2D eigenvalue weighted by atomic mass is 10.2. The first-order valence-corrected chi connectivity index (χ1v) is 5.43. The van der Waals surface area contributed by atoms with Gasteiger partial charge in [0.15, 0.2) is 6.61 Å². The van der Waals surface area contributed by atoms with Gasteiger partial charge in [0.1, 0.15) is 6.04 Å². The van der Waals surface area contributed by atoms with Crippen LogP contribution in [0.2, 0.25) is 0 Å². The molecule has 1 rings (SSSR count). The summed E-state index contributed by atoms with van der Waals surface area (Å²) in [5.74, 6) is -0.309. The van der Waals surface area contributed by atoms with Gasteiger partial charge in [-0.15, -0.1) is 0 Å². The number of alkyl halides is 3. The third-order valence-electron chi connectivity index (χ3n) is 2.57. The number of carbonyl (C=O) groups is 2.